The number of ketones is 1. The molecular weight excluding hydrogens is 214 g/mol. The number of esters is 1. The largest absolute Gasteiger partial charge is 0.462 e. The number of rotatable bonds is 4. The van der Waals surface area contributed by atoms with Gasteiger partial charge in [0.1, 0.15) is 10.6 Å². The monoisotopic (exact) mass is 225 g/mol. The normalized spacial score (nSPS) is 11.2. The lowest BCUT2D eigenvalue weighted by atomic mass is 10.2. The van der Waals surface area contributed by atoms with Crippen molar-refractivity contribution < 1.29 is 14.3 Å². The number of hydrogen-bond acceptors (Lipinski definition) is 5. The molecule has 1 aromatic heterocycles. The predicted molar refractivity (Wildman–Crippen MR) is 57.4 cm³/mol. The first-order valence-corrected chi connectivity index (χ1v) is 5.32. The van der Waals surface area contributed by atoms with E-state index in [1.807, 2.05) is 0 Å². The third kappa shape index (κ3) is 3.28. The van der Waals surface area contributed by atoms with E-state index in [0.29, 0.717) is 5.01 Å². The van der Waals surface area contributed by atoms with Crippen molar-refractivity contribution in [1.82, 2.24) is 4.98 Å². The SMILES string of the molecule is CCOC(=O)C(=Cc1nccs1)C(C)=O. The van der Waals surface area contributed by atoms with Crippen molar-refractivity contribution in [3.8, 4) is 0 Å². The van der Waals surface area contributed by atoms with Gasteiger partial charge in [-0.1, -0.05) is 0 Å². The number of carbonyl (C=O) groups is 2. The fourth-order valence-electron chi connectivity index (χ4n) is 0.942. The molecule has 0 bridgehead atoms. The third-order valence-corrected chi connectivity index (χ3v) is 2.32. The van der Waals surface area contributed by atoms with Crippen LogP contribution in [0.1, 0.15) is 18.9 Å². The van der Waals surface area contributed by atoms with Crippen molar-refractivity contribution in [1.29, 1.82) is 0 Å². The molecule has 0 saturated heterocycles. The maximum atomic E-state index is 11.4. The lowest BCUT2D eigenvalue weighted by molar-refractivity contribution is -0.139. The summed E-state index contributed by atoms with van der Waals surface area (Å²) in [6, 6.07) is 0. The predicted octanol–water partition coefficient (Wildman–Crippen LogP) is 1.68. The second-order valence-electron chi connectivity index (χ2n) is 2.71. The van der Waals surface area contributed by atoms with E-state index >= 15 is 0 Å². The Labute approximate surface area is 91.6 Å². The summed E-state index contributed by atoms with van der Waals surface area (Å²) < 4.78 is 4.76. The number of nitrogens with zero attached hydrogens (tertiary/aromatic N) is 1. The van der Waals surface area contributed by atoms with Crippen molar-refractivity contribution in [3.05, 3.63) is 22.2 Å². The van der Waals surface area contributed by atoms with Gasteiger partial charge in [0.05, 0.1) is 6.61 Å². The van der Waals surface area contributed by atoms with Crippen LogP contribution in [0.5, 0.6) is 0 Å². The minimum absolute atomic E-state index is 0.0341. The molecule has 0 spiro atoms. The molecule has 15 heavy (non-hydrogen) atoms. The maximum absolute atomic E-state index is 11.4. The van der Waals surface area contributed by atoms with Crippen LogP contribution in [-0.4, -0.2) is 23.3 Å². The van der Waals surface area contributed by atoms with Gasteiger partial charge < -0.3 is 4.74 Å². The number of thiazole rings is 1. The van der Waals surface area contributed by atoms with E-state index in [-0.39, 0.29) is 18.0 Å². The first-order valence-electron chi connectivity index (χ1n) is 4.44. The molecule has 0 aliphatic carbocycles. The van der Waals surface area contributed by atoms with Crippen LogP contribution in [0, 0.1) is 0 Å². The summed E-state index contributed by atoms with van der Waals surface area (Å²) in [6.07, 6.45) is 3.06. The molecule has 0 unspecified atom stereocenters. The minimum atomic E-state index is -0.597. The fraction of sp³-hybridized carbons (Fsp3) is 0.300. The topological polar surface area (TPSA) is 56.3 Å². The number of hydrogen-bond donors (Lipinski definition) is 0. The molecule has 0 aliphatic rings. The summed E-state index contributed by atoms with van der Waals surface area (Å²) >= 11 is 1.36. The van der Waals surface area contributed by atoms with Crippen LogP contribution in [0.3, 0.4) is 0 Å². The number of carbonyl (C=O) groups excluding carboxylic acids is 2. The Hall–Kier alpha value is -1.49. The Morgan fingerprint density at radius 2 is 2.33 bits per heavy atom. The highest BCUT2D eigenvalue weighted by Crippen LogP contribution is 2.11. The van der Waals surface area contributed by atoms with E-state index in [2.05, 4.69) is 4.98 Å². The molecule has 4 nitrogen and oxygen atoms in total. The molecule has 0 aliphatic heterocycles. The van der Waals surface area contributed by atoms with E-state index in [0.717, 1.165) is 0 Å². The Bertz CT molecular complexity index is 381. The molecule has 0 atom stereocenters. The highest BCUT2D eigenvalue weighted by Gasteiger charge is 2.15. The maximum Gasteiger partial charge on any atom is 0.341 e. The molecule has 0 aromatic carbocycles. The van der Waals surface area contributed by atoms with Gasteiger partial charge in [0.25, 0.3) is 0 Å². The van der Waals surface area contributed by atoms with Gasteiger partial charge in [-0.3, -0.25) is 4.79 Å². The molecular formula is C10H11NO3S. The minimum Gasteiger partial charge on any atom is -0.462 e. The van der Waals surface area contributed by atoms with E-state index in [9.17, 15) is 9.59 Å². The summed E-state index contributed by atoms with van der Waals surface area (Å²) in [5.74, 6) is -0.913. The van der Waals surface area contributed by atoms with Crippen LogP contribution in [0.25, 0.3) is 6.08 Å². The number of aromatic nitrogens is 1. The zero-order valence-corrected chi connectivity index (χ0v) is 9.34. The van der Waals surface area contributed by atoms with Crippen molar-refractivity contribution in [2.24, 2.45) is 0 Å². The first-order chi connectivity index (χ1) is 7.15. The zero-order chi connectivity index (χ0) is 11.3. The summed E-state index contributed by atoms with van der Waals surface area (Å²) in [4.78, 5) is 26.5. The van der Waals surface area contributed by atoms with Gasteiger partial charge in [-0.05, 0) is 19.9 Å². The summed E-state index contributed by atoms with van der Waals surface area (Å²) in [7, 11) is 0. The molecule has 0 fully saturated rings. The van der Waals surface area contributed by atoms with Crippen LogP contribution < -0.4 is 0 Å². The van der Waals surface area contributed by atoms with Gasteiger partial charge in [0.15, 0.2) is 5.78 Å². The Kier molecular flexibility index (Phi) is 4.17. The molecule has 1 rings (SSSR count). The Balaban J connectivity index is 2.92. The smallest absolute Gasteiger partial charge is 0.341 e. The van der Waals surface area contributed by atoms with Crippen LogP contribution in [-0.2, 0) is 14.3 Å². The average Bonchev–Trinajstić information content (AvgIpc) is 2.66. The summed E-state index contributed by atoms with van der Waals surface area (Å²) in [6.45, 7) is 3.27. The standard InChI is InChI=1S/C10H11NO3S/c1-3-14-10(13)8(7(2)12)6-9-11-4-5-15-9/h4-6H,3H2,1-2H3. The van der Waals surface area contributed by atoms with Gasteiger partial charge in [-0.2, -0.15) is 0 Å². The van der Waals surface area contributed by atoms with Crippen molar-refractivity contribution in [2.75, 3.05) is 6.61 Å². The lowest BCUT2D eigenvalue weighted by Crippen LogP contribution is -2.13. The fourth-order valence-corrected chi connectivity index (χ4v) is 1.51. The quantitative estimate of drug-likeness (QED) is 0.338. The van der Waals surface area contributed by atoms with Crippen LogP contribution in [0.2, 0.25) is 0 Å². The van der Waals surface area contributed by atoms with Crippen molar-refractivity contribution >= 4 is 29.2 Å². The van der Waals surface area contributed by atoms with Crippen molar-refractivity contribution in [3.63, 3.8) is 0 Å². The molecule has 0 N–H and O–H groups in total. The molecule has 0 radical (unpaired) electrons. The molecule has 0 amide bonds. The molecule has 5 heteroatoms. The van der Waals surface area contributed by atoms with E-state index in [1.165, 1.54) is 24.3 Å². The summed E-state index contributed by atoms with van der Waals surface area (Å²) in [5, 5.41) is 2.39. The van der Waals surface area contributed by atoms with Crippen molar-refractivity contribution in [2.45, 2.75) is 13.8 Å². The highest BCUT2D eigenvalue weighted by molar-refractivity contribution is 7.10. The van der Waals surface area contributed by atoms with Gasteiger partial charge in [0, 0.05) is 11.6 Å². The molecule has 80 valence electrons. The zero-order valence-electron chi connectivity index (χ0n) is 8.52. The second kappa shape index (κ2) is 5.41. The molecule has 1 aromatic rings. The van der Waals surface area contributed by atoms with Gasteiger partial charge in [-0.15, -0.1) is 11.3 Å². The molecule has 0 saturated carbocycles. The van der Waals surface area contributed by atoms with Gasteiger partial charge in [0.2, 0.25) is 0 Å². The molecule has 1 heterocycles. The van der Waals surface area contributed by atoms with Crippen LogP contribution in [0.15, 0.2) is 17.2 Å². The third-order valence-electron chi connectivity index (χ3n) is 1.59. The first kappa shape index (κ1) is 11.6. The Morgan fingerprint density at radius 3 is 2.80 bits per heavy atom. The lowest BCUT2D eigenvalue weighted by Gasteiger charge is -2.01. The number of Topliss-reactive ketones (excluding diaryl/α,β-unsaturated/α-hetero) is 1. The average molecular weight is 225 g/mol. The Morgan fingerprint density at radius 1 is 1.60 bits per heavy atom. The van der Waals surface area contributed by atoms with Gasteiger partial charge in [-0.25, -0.2) is 9.78 Å². The summed E-state index contributed by atoms with van der Waals surface area (Å²) in [5.41, 5.74) is 0.0341. The second-order valence-corrected chi connectivity index (χ2v) is 3.63. The van der Waals surface area contributed by atoms with E-state index in [4.69, 9.17) is 4.74 Å². The van der Waals surface area contributed by atoms with E-state index in [1.54, 1.807) is 18.5 Å². The number of ether oxygens (including phenoxy) is 1. The van der Waals surface area contributed by atoms with Crippen LogP contribution >= 0.6 is 11.3 Å². The highest BCUT2D eigenvalue weighted by atomic mass is 32.1. The van der Waals surface area contributed by atoms with E-state index < -0.39 is 5.97 Å². The van der Waals surface area contributed by atoms with Gasteiger partial charge >= 0.3 is 5.97 Å². The van der Waals surface area contributed by atoms with Crippen LogP contribution in [0.4, 0.5) is 0 Å².